The minimum Gasteiger partial charge on any atom is -0.558 e. The van der Waals surface area contributed by atoms with E-state index in [0.29, 0.717) is 21.3 Å². The molecule has 88 valence electrons. The van der Waals surface area contributed by atoms with Gasteiger partial charge in [-0.25, -0.2) is 4.98 Å². The SMILES string of the molecule is COc1cnc(Br)c2[nH]cc(C(=O)C(=O)[OH2+])c12. The van der Waals surface area contributed by atoms with E-state index in [-0.39, 0.29) is 5.56 Å². The average molecular weight is 300 g/mol. The van der Waals surface area contributed by atoms with E-state index < -0.39 is 11.8 Å². The molecule has 6 nitrogen and oxygen atoms in total. The average Bonchev–Trinajstić information content (AvgIpc) is 2.74. The summed E-state index contributed by atoms with van der Waals surface area (Å²) in [5.41, 5.74) is 0.661. The van der Waals surface area contributed by atoms with Gasteiger partial charge in [0.25, 0.3) is 0 Å². The molecule has 0 radical (unpaired) electrons. The fraction of sp³-hybridized carbons (Fsp3) is 0.100. The van der Waals surface area contributed by atoms with Crippen LogP contribution in [-0.2, 0) is 4.79 Å². The number of nitrogens with one attached hydrogen (secondary N) is 1. The molecule has 0 aliphatic rings. The van der Waals surface area contributed by atoms with Crippen LogP contribution in [0.4, 0.5) is 0 Å². The molecule has 0 fully saturated rings. The maximum Gasteiger partial charge on any atom is 0.590 e. The van der Waals surface area contributed by atoms with Crippen LogP contribution in [0.5, 0.6) is 5.75 Å². The molecule has 0 aliphatic heterocycles. The molecule has 0 aliphatic carbocycles. The van der Waals surface area contributed by atoms with E-state index in [0.717, 1.165) is 0 Å². The van der Waals surface area contributed by atoms with Crippen LogP contribution < -0.4 is 4.74 Å². The molecule has 2 aromatic heterocycles. The standard InChI is InChI=1S/C10H7BrN2O4/c1-17-5-3-13-9(11)7-6(5)4(2-12-7)8(14)10(15)16/h2-3,12H,1H3,(H,15,16)/p+1. The summed E-state index contributed by atoms with van der Waals surface area (Å²) in [7, 11) is 1.44. The summed E-state index contributed by atoms with van der Waals surface area (Å²) < 4.78 is 5.59. The Morgan fingerprint density at radius 2 is 2.24 bits per heavy atom. The number of hydrogen-bond donors (Lipinski definition) is 1. The molecule has 0 spiro atoms. The summed E-state index contributed by atoms with van der Waals surface area (Å²) in [4.78, 5) is 29.2. The van der Waals surface area contributed by atoms with Gasteiger partial charge in [0.05, 0.1) is 34.6 Å². The van der Waals surface area contributed by atoms with E-state index >= 15 is 0 Å². The Morgan fingerprint density at radius 3 is 2.82 bits per heavy atom. The molecule has 0 amide bonds. The maximum absolute atomic E-state index is 11.6. The third kappa shape index (κ3) is 1.78. The van der Waals surface area contributed by atoms with Crippen molar-refractivity contribution in [3.63, 3.8) is 0 Å². The number of pyridine rings is 1. The number of halogens is 1. The number of aromatic amines is 1. The van der Waals surface area contributed by atoms with Crippen LogP contribution in [0.3, 0.4) is 0 Å². The van der Waals surface area contributed by atoms with Gasteiger partial charge in [-0.3, -0.25) is 4.79 Å². The molecule has 2 aromatic rings. The molecule has 0 bridgehead atoms. The molecule has 17 heavy (non-hydrogen) atoms. The Balaban J connectivity index is 2.78. The molecular formula is C10H8BrN2O4+. The molecule has 0 aromatic carbocycles. The van der Waals surface area contributed by atoms with Crippen LogP contribution in [0, 0.1) is 0 Å². The zero-order valence-corrected chi connectivity index (χ0v) is 10.3. The lowest BCUT2D eigenvalue weighted by molar-refractivity contribution is -0.131. The second-order valence-corrected chi connectivity index (χ2v) is 3.98. The number of carbonyl (C=O) groups excluding carboxylic acids is 2. The normalized spacial score (nSPS) is 10.5. The minimum atomic E-state index is -1.26. The quantitative estimate of drug-likeness (QED) is 0.392. The fourth-order valence-electron chi connectivity index (χ4n) is 1.54. The van der Waals surface area contributed by atoms with Gasteiger partial charge in [0.15, 0.2) is 0 Å². The second-order valence-electron chi connectivity index (χ2n) is 3.23. The van der Waals surface area contributed by atoms with Crippen molar-refractivity contribution in [2.45, 2.75) is 0 Å². The zero-order valence-electron chi connectivity index (χ0n) is 8.70. The lowest BCUT2D eigenvalue weighted by atomic mass is 10.1. The Hall–Kier alpha value is -1.89. The van der Waals surface area contributed by atoms with Crippen molar-refractivity contribution in [3.05, 3.63) is 22.6 Å². The van der Waals surface area contributed by atoms with E-state index in [1.807, 2.05) is 0 Å². The van der Waals surface area contributed by atoms with E-state index in [4.69, 9.17) is 9.84 Å². The highest BCUT2D eigenvalue weighted by molar-refractivity contribution is 9.10. The van der Waals surface area contributed by atoms with Crippen molar-refractivity contribution in [1.29, 1.82) is 0 Å². The first-order valence-corrected chi connectivity index (χ1v) is 5.35. The number of rotatable bonds is 3. The lowest BCUT2D eigenvalue weighted by Crippen LogP contribution is -2.12. The smallest absolute Gasteiger partial charge is 0.558 e. The number of aromatic nitrogens is 2. The number of hydrogen-bond acceptors (Lipinski definition) is 4. The number of H-pyrrole nitrogens is 1. The molecule has 7 heteroatoms. The van der Waals surface area contributed by atoms with E-state index in [2.05, 4.69) is 25.9 Å². The molecule has 0 unspecified atom stereocenters. The van der Waals surface area contributed by atoms with Crippen molar-refractivity contribution in [1.82, 2.24) is 9.97 Å². The van der Waals surface area contributed by atoms with Crippen LogP contribution >= 0.6 is 15.9 Å². The minimum absolute atomic E-state index is 0.111. The Morgan fingerprint density at radius 1 is 1.53 bits per heavy atom. The van der Waals surface area contributed by atoms with Crippen LogP contribution in [-0.4, -0.2) is 33.9 Å². The Bertz CT molecular complexity index is 620. The highest BCUT2D eigenvalue weighted by Gasteiger charge is 2.28. The van der Waals surface area contributed by atoms with Crippen molar-refractivity contribution in [3.8, 4) is 5.75 Å². The molecule has 2 heterocycles. The highest BCUT2D eigenvalue weighted by atomic mass is 79.9. The topological polar surface area (TPSA) is 94.9 Å². The predicted octanol–water partition coefficient (Wildman–Crippen LogP) is 0.768. The monoisotopic (exact) mass is 299 g/mol. The summed E-state index contributed by atoms with van der Waals surface area (Å²) in [6.07, 6.45) is 2.81. The van der Waals surface area contributed by atoms with Gasteiger partial charge in [-0.15, -0.1) is 0 Å². The van der Waals surface area contributed by atoms with Crippen LogP contribution in [0.15, 0.2) is 17.0 Å². The van der Waals surface area contributed by atoms with Crippen LogP contribution in [0.25, 0.3) is 10.9 Å². The van der Waals surface area contributed by atoms with Gasteiger partial charge in [-0.2, -0.15) is 0 Å². The van der Waals surface area contributed by atoms with Gasteiger partial charge < -0.3 is 14.8 Å². The zero-order chi connectivity index (χ0) is 12.6. The van der Waals surface area contributed by atoms with Crippen LogP contribution in [0.1, 0.15) is 10.4 Å². The van der Waals surface area contributed by atoms with E-state index in [1.165, 1.54) is 19.5 Å². The van der Waals surface area contributed by atoms with Crippen molar-refractivity contribution < 1.29 is 19.4 Å². The number of carbonyl (C=O) groups is 2. The third-order valence-electron chi connectivity index (χ3n) is 2.30. The van der Waals surface area contributed by atoms with Crippen molar-refractivity contribution >= 4 is 38.6 Å². The first-order chi connectivity index (χ1) is 8.06. The van der Waals surface area contributed by atoms with Gasteiger partial charge in [0.2, 0.25) is 0 Å². The number of ether oxygens (including phenoxy) is 1. The van der Waals surface area contributed by atoms with E-state index in [9.17, 15) is 9.59 Å². The van der Waals surface area contributed by atoms with Gasteiger partial charge in [0, 0.05) is 6.20 Å². The van der Waals surface area contributed by atoms with Crippen molar-refractivity contribution in [2.75, 3.05) is 7.11 Å². The predicted molar refractivity (Wildman–Crippen MR) is 63.3 cm³/mol. The highest BCUT2D eigenvalue weighted by Crippen LogP contribution is 2.32. The summed E-state index contributed by atoms with van der Waals surface area (Å²) >= 11 is 3.22. The molecule has 2 rings (SSSR count). The first kappa shape index (κ1) is 11.6. The van der Waals surface area contributed by atoms with Crippen molar-refractivity contribution in [2.24, 2.45) is 0 Å². The van der Waals surface area contributed by atoms with Gasteiger partial charge >= 0.3 is 11.8 Å². The van der Waals surface area contributed by atoms with E-state index in [1.54, 1.807) is 0 Å². The van der Waals surface area contributed by atoms with Gasteiger partial charge in [0.1, 0.15) is 10.4 Å². The summed E-state index contributed by atoms with van der Waals surface area (Å²) in [6, 6.07) is 0. The summed E-state index contributed by atoms with van der Waals surface area (Å²) in [6.45, 7) is 0. The number of ketones is 1. The van der Waals surface area contributed by atoms with Crippen LogP contribution in [0.2, 0.25) is 0 Å². The Kier molecular flexibility index (Phi) is 2.84. The number of methoxy groups -OCH3 is 1. The molecule has 0 saturated carbocycles. The largest absolute Gasteiger partial charge is 0.590 e. The van der Waals surface area contributed by atoms with Gasteiger partial charge in [-0.05, 0) is 15.9 Å². The lowest BCUT2D eigenvalue weighted by Gasteiger charge is -2.02. The molecule has 3 N–H and O–H groups in total. The summed E-state index contributed by atoms with van der Waals surface area (Å²) in [5, 5.41) is 7.29. The maximum atomic E-state index is 11.6. The number of nitrogens with zero attached hydrogens (tertiary/aromatic N) is 1. The molecule has 0 saturated heterocycles. The molecular weight excluding hydrogens is 292 g/mol. The summed E-state index contributed by atoms with van der Waals surface area (Å²) in [5.74, 6) is -1.78. The van der Waals surface area contributed by atoms with Gasteiger partial charge in [-0.1, -0.05) is 0 Å². The second kappa shape index (κ2) is 4.17. The molecule has 0 atom stereocenters. The Labute approximate surface area is 104 Å². The number of Topliss-reactive ketones (excluding diaryl/α,β-unsaturated/α-hetero) is 1. The third-order valence-corrected chi connectivity index (χ3v) is 2.90. The fourth-order valence-corrected chi connectivity index (χ4v) is 1.96. The first-order valence-electron chi connectivity index (χ1n) is 4.56. The number of fused-ring (bicyclic) bond motifs is 1.